The van der Waals surface area contributed by atoms with Crippen molar-refractivity contribution in [3.63, 3.8) is 0 Å². The number of benzene rings is 1. The van der Waals surface area contributed by atoms with Crippen LogP contribution in [0.25, 0.3) is 0 Å². The molecule has 4 heteroatoms. The predicted octanol–water partition coefficient (Wildman–Crippen LogP) is 2.60. The summed E-state index contributed by atoms with van der Waals surface area (Å²) in [5.74, 6) is 0.233. The van der Waals surface area contributed by atoms with Crippen LogP contribution in [0.4, 0.5) is 4.39 Å². The number of nitriles is 1. The molecule has 0 bridgehead atoms. The molecule has 1 aromatic rings. The first kappa shape index (κ1) is 14.0. The third-order valence-electron chi connectivity index (χ3n) is 3.49. The Kier molecular flexibility index (Phi) is 5.31. The van der Waals surface area contributed by atoms with Crippen molar-refractivity contribution in [3.05, 3.63) is 35.1 Å². The van der Waals surface area contributed by atoms with E-state index in [1.165, 1.54) is 18.9 Å². The lowest BCUT2D eigenvalue weighted by atomic mass is 9.97. The zero-order valence-corrected chi connectivity index (χ0v) is 11.0. The Morgan fingerprint density at radius 1 is 1.47 bits per heavy atom. The van der Waals surface area contributed by atoms with E-state index in [9.17, 15) is 4.39 Å². The van der Waals surface area contributed by atoms with Crippen LogP contribution in [0.3, 0.4) is 0 Å². The molecule has 1 unspecified atom stereocenters. The highest BCUT2D eigenvalue weighted by molar-refractivity contribution is 5.34. The van der Waals surface area contributed by atoms with Crippen molar-refractivity contribution >= 4 is 0 Å². The normalized spacial score (nSPS) is 19.1. The van der Waals surface area contributed by atoms with Crippen LogP contribution >= 0.6 is 0 Å². The summed E-state index contributed by atoms with van der Waals surface area (Å²) in [6.45, 7) is 3.36. The highest BCUT2D eigenvalue weighted by Gasteiger charge is 2.12. The summed E-state index contributed by atoms with van der Waals surface area (Å²) in [5, 5.41) is 12.1. The fraction of sp³-hybridized carbons (Fsp3) is 0.533. The molecule has 1 N–H and O–H groups in total. The highest BCUT2D eigenvalue weighted by atomic mass is 19.1. The standard InChI is InChI=1S/C15H19FN2O/c16-15-4-3-13(8-14(15)9-17)11-19-7-5-12-2-1-6-18-10-12/h3-4,8,12,18H,1-2,5-7,10-11H2. The monoisotopic (exact) mass is 262 g/mol. The molecule has 0 spiro atoms. The van der Waals surface area contributed by atoms with Crippen LogP contribution in [0.1, 0.15) is 30.4 Å². The van der Waals surface area contributed by atoms with Crippen molar-refractivity contribution in [2.24, 2.45) is 5.92 Å². The molecular formula is C15H19FN2O. The van der Waals surface area contributed by atoms with E-state index >= 15 is 0 Å². The molecular weight excluding hydrogens is 243 g/mol. The van der Waals surface area contributed by atoms with Crippen molar-refractivity contribution in [2.75, 3.05) is 19.7 Å². The van der Waals surface area contributed by atoms with Gasteiger partial charge in [-0.25, -0.2) is 4.39 Å². The summed E-state index contributed by atoms with van der Waals surface area (Å²) in [5.41, 5.74) is 0.928. The van der Waals surface area contributed by atoms with Crippen LogP contribution in [0.5, 0.6) is 0 Å². The molecule has 0 amide bonds. The fourth-order valence-corrected chi connectivity index (χ4v) is 2.36. The van der Waals surface area contributed by atoms with Gasteiger partial charge in [-0.05, 0) is 56.0 Å². The maximum Gasteiger partial charge on any atom is 0.140 e. The zero-order valence-electron chi connectivity index (χ0n) is 11.0. The van der Waals surface area contributed by atoms with Crippen LogP contribution in [-0.4, -0.2) is 19.7 Å². The summed E-state index contributed by atoms with van der Waals surface area (Å²) in [6, 6.07) is 6.38. The number of hydrogen-bond acceptors (Lipinski definition) is 3. The lowest BCUT2D eigenvalue weighted by Crippen LogP contribution is -2.30. The lowest BCUT2D eigenvalue weighted by molar-refractivity contribution is 0.103. The van der Waals surface area contributed by atoms with Gasteiger partial charge in [-0.15, -0.1) is 0 Å². The van der Waals surface area contributed by atoms with Gasteiger partial charge in [0.15, 0.2) is 0 Å². The second kappa shape index (κ2) is 7.22. The van der Waals surface area contributed by atoms with E-state index in [0.717, 1.165) is 25.1 Å². The summed E-state index contributed by atoms with van der Waals surface area (Å²) >= 11 is 0. The second-order valence-electron chi connectivity index (χ2n) is 4.98. The largest absolute Gasteiger partial charge is 0.377 e. The molecule has 1 aromatic carbocycles. The van der Waals surface area contributed by atoms with Gasteiger partial charge in [-0.2, -0.15) is 5.26 Å². The van der Waals surface area contributed by atoms with Crippen LogP contribution in [0, 0.1) is 23.1 Å². The van der Waals surface area contributed by atoms with E-state index < -0.39 is 5.82 Å². The van der Waals surface area contributed by atoms with Crippen molar-refractivity contribution in [2.45, 2.75) is 25.9 Å². The van der Waals surface area contributed by atoms with Gasteiger partial charge < -0.3 is 10.1 Å². The Morgan fingerprint density at radius 2 is 2.37 bits per heavy atom. The molecule has 1 aliphatic heterocycles. The van der Waals surface area contributed by atoms with Crippen molar-refractivity contribution in [1.29, 1.82) is 5.26 Å². The Hall–Kier alpha value is -1.44. The minimum Gasteiger partial charge on any atom is -0.377 e. The number of piperidine rings is 1. The Labute approximate surface area is 113 Å². The first-order valence-corrected chi connectivity index (χ1v) is 6.76. The smallest absolute Gasteiger partial charge is 0.140 e. The number of halogens is 1. The van der Waals surface area contributed by atoms with Crippen LogP contribution < -0.4 is 5.32 Å². The number of nitrogens with one attached hydrogen (secondary N) is 1. The van der Waals surface area contributed by atoms with Crippen molar-refractivity contribution in [1.82, 2.24) is 5.32 Å². The minimum atomic E-state index is -0.473. The van der Waals surface area contributed by atoms with Gasteiger partial charge in [0, 0.05) is 6.61 Å². The van der Waals surface area contributed by atoms with Gasteiger partial charge in [0.25, 0.3) is 0 Å². The van der Waals surface area contributed by atoms with Gasteiger partial charge in [-0.3, -0.25) is 0 Å². The van der Waals surface area contributed by atoms with E-state index in [1.54, 1.807) is 12.1 Å². The first-order valence-electron chi connectivity index (χ1n) is 6.76. The molecule has 2 rings (SSSR count). The molecule has 0 saturated carbocycles. The molecule has 0 aliphatic carbocycles. The summed E-state index contributed by atoms with van der Waals surface area (Å²) in [4.78, 5) is 0. The molecule has 1 heterocycles. The van der Waals surface area contributed by atoms with Gasteiger partial charge >= 0.3 is 0 Å². The molecule has 102 valence electrons. The Bertz CT molecular complexity index is 450. The summed E-state index contributed by atoms with van der Waals surface area (Å²) < 4.78 is 18.7. The molecule has 0 aromatic heterocycles. The Morgan fingerprint density at radius 3 is 3.11 bits per heavy atom. The van der Waals surface area contributed by atoms with Crippen LogP contribution in [0.2, 0.25) is 0 Å². The van der Waals surface area contributed by atoms with E-state index in [1.807, 2.05) is 6.07 Å². The Balaban J connectivity index is 1.72. The molecule has 0 radical (unpaired) electrons. The molecule has 1 fully saturated rings. The third-order valence-corrected chi connectivity index (χ3v) is 3.49. The maximum absolute atomic E-state index is 13.1. The third kappa shape index (κ3) is 4.30. The van der Waals surface area contributed by atoms with Crippen LogP contribution in [0.15, 0.2) is 18.2 Å². The van der Waals surface area contributed by atoms with E-state index in [4.69, 9.17) is 10.00 Å². The number of hydrogen-bond donors (Lipinski definition) is 1. The fourth-order valence-electron chi connectivity index (χ4n) is 2.36. The average molecular weight is 262 g/mol. The van der Waals surface area contributed by atoms with Gasteiger partial charge in [0.2, 0.25) is 0 Å². The van der Waals surface area contributed by atoms with E-state index in [-0.39, 0.29) is 5.56 Å². The topological polar surface area (TPSA) is 45.0 Å². The van der Waals surface area contributed by atoms with Gasteiger partial charge in [0.1, 0.15) is 11.9 Å². The maximum atomic E-state index is 13.1. The lowest BCUT2D eigenvalue weighted by Gasteiger charge is -2.22. The number of ether oxygens (including phenoxy) is 1. The van der Waals surface area contributed by atoms with Crippen molar-refractivity contribution in [3.8, 4) is 6.07 Å². The minimum absolute atomic E-state index is 0.0811. The molecule has 1 atom stereocenters. The average Bonchev–Trinajstić information content (AvgIpc) is 2.46. The van der Waals surface area contributed by atoms with E-state index in [0.29, 0.717) is 19.1 Å². The first-order chi connectivity index (χ1) is 9.29. The molecule has 19 heavy (non-hydrogen) atoms. The summed E-state index contributed by atoms with van der Waals surface area (Å²) in [6.07, 6.45) is 3.57. The highest BCUT2D eigenvalue weighted by Crippen LogP contribution is 2.15. The SMILES string of the molecule is N#Cc1cc(COCCC2CCCNC2)ccc1F. The number of nitrogens with zero attached hydrogens (tertiary/aromatic N) is 1. The van der Waals surface area contributed by atoms with Gasteiger partial charge in [0.05, 0.1) is 12.2 Å². The van der Waals surface area contributed by atoms with E-state index in [2.05, 4.69) is 5.32 Å². The quantitative estimate of drug-likeness (QED) is 0.830. The van der Waals surface area contributed by atoms with Gasteiger partial charge in [-0.1, -0.05) is 6.07 Å². The number of rotatable bonds is 5. The molecule has 1 saturated heterocycles. The van der Waals surface area contributed by atoms with Crippen molar-refractivity contribution < 1.29 is 9.13 Å². The van der Waals surface area contributed by atoms with Crippen LogP contribution in [-0.2, 0) is 11.3 Å². The zero-order chi connectivity index (χ0) is 13.5. The summed E-state index contributed by atoms with van der Waals surface area (Å²) in [7, 11) is 0. The molecule has 3 nitrogen and oxygen atoms in total. The molecule has 1 aliphatic rings. The second-order valence-corrected chi connectivity index (χ2v) is 4.98. The predicted molar refractivity (Wildman–Crippen MR) is 71.0 cm³/mol.